The monoisotopic (exact) mass is 604 g/mol. The predicted molar refractivity (Wildman–Crippen MR) is 162 cm³/mol. The minimum atomic E-state index is -4.11. The molecule has 2 N–H and O–H groups in total. The molecule has 1 atom stereocenters. The van der Waals surface area contributed by atoms with Gasteiger partial charge in [0.1, 0.15) is 11.7 Å². The number of hydrogen-bond acceptors (Lipinski definition) is 8. The maximum Gasteiger partial charge on any atom is 0.262 e. The Hall–Kier alpha value is -3.94. The van der Waals surface area contributed by atoms with Gasteiger partial charge in [0, 0.05) is 31.7 Å². The number of amides is 1. The number of hydrogen-bond donors (Lipinski definition) is 2. The average molecular weight is 605 g/mol. The van der Waals surface area contributed by atoms with Gasteiger partial charge < -0.3 is 4.74 Å². The normalized spacial score (nSPS) is 15.1. The fourth-order valence-electron chi connectivity index (χ4n) is 5.20. The molecule has 3 aromatic carbocycles. The number of nitrogens with one attached hydrogen (secondary N) is 1. The van der Waals surface area contributed by atoms with Gasteiger partial charge in [-0.25, -0.2) is 18.6 Å². The summed E-state index contributed by atoms with van der Waals surface area (Å²) in [6.45, 7) is 6.50. The smallest absolute Gasteiger partial charge is 0.262 e. The second-order valence-corrected chi connectivity index (χ2v) is 12.6. The molecule has 1 saturated heterocycles. The lowest BCUT2D eigenvalue weighted by Gasteiger charge is -2.34. The van der Waals surface area contributed by atoms with Crippen LogP contribution in [0.5, 0.6) is 0 Å². The van der Waals surface area contributed by atoms with Crippen molar-refractivity contribution < 1.29 is 23.2 Å². The number of ether oxygens (including phenoxy) is 1. The molecule has 1 fully saturated rings. The van der Waals surface area contributed by atoms with E-state index in [-0.39, 0.29) is 17.4 Å². The van der Waals surface area contributed by atoms with Crippen molar-refractivity contribution >= 4 is 15.9 Å². The first-order valence-electron chi connectivity index (χ1n) is 14.2. The van der Waals surface area contributed by atoms with E-state index in [9.17, 15) is 18.4 Å². The molecule has 0 spiro atoms. The highest BCUT2D eigenvalue weighted by atomic mass is 32.2. The van der Waals surface area contributed by atoms with Gasteiger partial charge in [-0.15, -0.1) is 5.10 Å². The minimum Gasteiger partial charge on any atom is -0.379 e. The van der Waals surface area contributed by atoms with E-state index in [1.165, 1.54) is 16.4 Å². The minimum absolute atomic E-state index is 0.0338. The maximum atomic E-state index is 13.9. The van der Waals surface area contributed by atoms with E-state index in [4.69, 9.17) is 4.74 Å². The Labute approximate surface area is 251 Å². The van der Waals surface area contributed by atoms with E-state index in [1.54, 1.807) is 42.3 Å². The summed E-state index contributed by atoms with van der Waals surface area (Å²) in [6, 6.07) is 23.4. The molecule has 4 aromatic rings. The van der Waals surface area contributed by atoms with E-state index >= 15 is 0 Å². The third-order valence-electron chi connectivity index (χ3n) is 7.55. The van der Waals surface area contributed by atoms with Crippen LogP contribution in [0.25, 0.3) is 28.1 Å². The summed E-state index contributed by atoms with van der Waals surface area (Å²) < 4.78 is 36.0. The molecule has 0 aliphatic carbocycles. The highest BCUT2D eigenvalue weighted by molar-refractivity contribution is 7.89. The lowest BCUT2D eigenvalue weighted by molar-refractivity contribution is -0.134. The van der Waals surface area contributed by atoms with Gasteiger partial charge in [0.05, 0.1) is 30.0 Å². The standard InChI is InChI=1S/C31H36N6O5S/c1-23(2)30(31(38)33-39)37(17-16-35-18-20-42-21-19-35)43(40,41)28-14-12-27(13-15-28)36-22-29(32-34-36)26-10-8-25(9-11-26)24-6-4-3-5-7-24/h3-15,22-23,30,39H,16-21H2,1-2H3,(H,33,38). The number of aromatic nitrogens is 3. The van der Waals surface area contributed by atoms with Crippen LogP contribution in [0.3, 0.4) is 0 Å². The van der Waals surface area contributed by atoms with E-state index in [0.717, 1.165) is 16.7 Å². The van der Waals surface area contributed by atoms with Gasteiger partial charge in [0.2, 0.25) is 10.0 Å². The SMILES string of the molecule is CC(C)C(C(=O)NO)N(CCN1CCOCC1)S(=O)(=O)c1ccc(-n2cc(-c3ccc(-c4ccccc4)cc3)nn2)cc1. The summed E-state index contributed by atoms with van der Waals surface area (Å²) in [5, 5.41) is 18.0. The highest BCUT2D eigenvalue weighted by Gasteiger charge is 2.38. The fourth-order valence-corrected chi connectivity index (χ4v) is 6.91. The Balaban J connectivity index is 1.36. The number of sulfonamides is 1. The third kappa shape index (κ3) is 7.00. The van der Waals surface area contributed by atoms with Crippen LogP contribution in [-0.2, 0) is 19.6 Å². The molecule has 0 radical (unpaired) electrons. The molecule has 1 aliphatic rings. The number of rotatable bonds is 11. The number of morpholine rings is 1. The van der Waals surface area contributed by atoms with Gasteiger partial charge in [-0.3, -0.25) is 14.9 Å². The summed E-state index contributed by atoms with van der Waals surface area (Å²) >= 11 is 0. The lowest BCUT2D eigenvalue weighted by atomic mass is 10.0. The Morgan fingerprint density at radius 2 is 1.58 bits per heavy atom. The Morgan fingerprint density at radius 3 is 2.21 bits per heavy atom. The zero-order valence-electron chi connectivity index (χ0n) is 24.2. The van der Waals surface area contributed by atoms with Crippen LogP contribution < -0.4 is 5.48 Å². The van der Waals surface area contributed by atoms with Crippen molar-refractivity contribution in [3.05, 3.63) is 85.1 Å². The van der Waals surface area contributed by atoms with Crippen molar-refractivity contribution in [3.8, 4) is 28.1 Å². The first-order valence-corrected chi connectivity index (χ1v) is 15.7. The molecule has 5 rings (SSSR count). The summed E-state index contributed by atoms with van der Waals surface area (Å²) in [5.41, 5.74) is 6.10. The molecule has 2 heterocycles. The first kappa shape index (κ1) is 30.5. The number of nitrogens with zero attached hydrogens (tertiary/aromatic N) is 5. The molecule has 1 aliphatic heterocycles. The van der Waals surface area contributed by atoms with Crippen LogP contribution in [0.1, 0.15) is 13.8 Å². The highest BCUT2D eigenvalue weighted by Crippen LogP contribution is 2.26. The van der Waals surface area contributed by atoms with Crippen molar-refractivity contribution in [1.82, 2.24) is 29.7 Å². The molecule has 0 saturated carbocycles. The van der Waals surface area contributed by atoms with Crippen LogP contribution in [0.4, 0.5) is 0 Å². The largest absolute Gasteiger partial charge is 0.379 e. The van der Waals surface area contributed by atoms with Gasteiger partial charge in [-0.05, 0) is 41.3 Å². The van der Waals surface area contributed by atoms with Crippen LogP contribution in [-0.4, -0.2) is 89.2 Å². The van der Waals surface area contributed by atoms with E-state index in [1.807, 2.05) is 42.5 Å². The zero-order chi connectivity index (χ0) is 30.4. The topological polar surface area (TPSA) is 130 Å². The number of carbonyl (C=O) groups is 1. The van der Waals surface area contributed by atoms with Gasteiger partial charge >= 0.3 is 0 Å². The lowest BCUT2D eigenvalue weighted by Crippen LogP contribution is -2.54. The van der Waals surface area contributed by atoms with Crippen molar-refractivity contribution in [2.24, 2.45) is 5.92 Å². The second-order valence-electron chi connectivity index (χ2n) is 10.7. The van der Waals surface area contributed by atoms with E-state index in [0.29, 0.717) is 44.2 Å². The molecular weight excluding hydrogens is 568 g/mol. The van der Waals surface area contributed by atoms with Crippen LogP contribution in [0.15, 0.2) is 90.0 Å². The van der Waals surface area contributed by atoms with Crippen molar-refractivity contribution in [2.75, 3.05) is 39.4 Å². The maximum absolute atomic E-state index is 13.9. The average Bonchev–Trinajstić information content (AvgIpc) is 3.54. The molecule has 1 amide bonds. The van der Waals surface area contributed by atoms with Gasteiger partial charge in [-0.2, -0.15) is 4.31 Å². The van der Waals surface area contributed by atoms with Crippen molar-refractivity contribution in [3.63, 3.8) is 0 Å². The van der Waals surface area contributed by atoms with Crippen LogP contribution in [0, 0.1) is 5.92 Å². The molecular formula is C31H36N6O5S. The van der Waals surface area contributed by atoms with Crippen molar-refractivity contribution in [2.45, 2.75) is 24.8 Å². The predicted octanol–water partition coefficient (Wildman–Crippen LogP) is 3.45. The quantitative estimate of drug-likeness (QED) is 0.197. The Kier molecular flexibility index (Phi) is 9.63. The number of carbonyl (C=O) groups excluding carboxylic acids is 1. The van der Waals surface area contributed by atoms with Crippen molar-refractivity contribution in [1.29, 1.82) is 0 Å². The molecule has 43 heavy (non-hydrogen) atoms. The summed E-state index contributed by atoms with van der Waals surface area (Å²) in [6.07, 6.45) is 1.79. The summed E-state index contributed by atoms with van der Waals surface area (Å²) in [4.78, 5) is 14.8. The molecule has 226 valence electrons. The van der Waals surface area contributed by atoms with E-state index in [2.05, 4.69) is 27.3 Å². The molecule has 1 aromatic heterocycles. The molecule has 0 bridgehead atoms. The first-order chi connectivity index (χ1) is 20.8. The number of hydroxylamine groups is 1. The molecule has 11 nitrogen and oxygen atoms in total. The van der Waals surface area contributed by atoms with E-state index < -0.39 is 22.0 Å². The van der Waals surface area contributed by atoms with Gasteiger partial charge in [-0.1, -0.05) is 73.7 Å². The third-order valence-corrected chi connectivity index (χ3v) is 9.44. The Bertz CT molecular complexity index is 1600. The van der Waals surface area contributed by atoms with Gasteiger partial charge in [0.25, 0.3) is 5.91 Å². The molecule has 1 unspecified atom stereocenters. The summed E-state index contributed by atoms with van der Waals surface area (Å²) in [5.74, 6) is -1.16. The second kappa shape index (κ2) is 13.6. The van der Waals surface area contributed by atoms with Crippen LogP contribution >= 0.6 is 0 Å². The van der Waals surface area contributed by atoms with Gasteiger partial charge in [0.15, 0.2) is 0 Å². The summed E-state index contributed by atoms with van der Waals surface area (Å²) in [7, 11) is -4.11. The molecule has 12 heteroatoms. The zero-order valence-corrected chi connectivity index (χ0v) is 25.0. The number of benzene rings is 3. The fraction of sp³-hybridized carbons (Fsp3) is 0.323. The Morgan fingerprint density at radius 1 is 0.953 bits per heavy atom. The van der Waals surface area contributed by atoms with Crippen LogP contribution in [0.2, 0.25) is 0 Å².